The Morgan fingerprint density at radius 3 is 2.58 bits per heavy atom. The van der Waals surface area contributed by atoms with Crippen molar-refractivity contribution in [1.29, 1.82) is 0 Å². The predicted molar refractivity (Wildman–Crippen MR) is 98.5 cm³/mol. The van der Waals surface area contributed by atoms with Gasteiger partial charge >= 0.3 is 5.97 Å². The van der Waals surface area contributed by atoms with Crippen molar-refractivity contribution < 1.29 is 18.7 Å². The molecule has 1 fully saturated rings. The molecule has 0 aliphatic heterocycles. The Morgan fingerprint density at radius 1 is 1.23 bits per heavy atom. The first-order valence-corrected chi connectivity index (χ1v) is 9.66. The monoisotopic (exact) mass is 377 g/mol. The Bertz CT molecular complexity index is 761. The molecule has 0 radical (unpaired) electrons. The van der Waals surface area contributed by atoms with Crippen molar-refractivity contribution in [2.24, 2.45) is 0 Å². The van der Waals surface area contributed by atoms with Crippen molar-refractivity contribution >= 4 is 17.7 Å². The number of carbonyl (C=O) groups is 1. The van der Waals surface area contributed by atoms with Crippen LogP contribution in [0.15, 0.2) is 47.6 Å². The van der Waals surface area contributed by atoms with E-state index in [1.165, 1.54) is 31.4 Å². The van der Waals surface area contributed by atoms with Crippen LogP contribution in [0.3, 0.4) is 0 Å². The van der Waals surface area contributed by atoms with E-state index in [1.54, 1.807) is 30.1 Å². The number of hydrogen-bond acceptors (Lipinski definition) is 3. The third-order valence-electron chi connectivity index (χ3n) is 4.60. The summed E-state index contributed by atoms with van der Waals surface area (Å²) in [6, 6.07) is 10.1. The highest BCUT2D eigenvalue weighted by Gasteiger charge is 2.31. The summed E-state index contributed by atoms with van der Waals surface area (Å²) in [5.41, 5.74) is 1.75. The Labute approximate surface area is 155 Å². The molecule has 1 aliphatic rings. The van der Waals surface area contributed by atoms with E-state index in [0.29, 0.717) is 5.25 Å². The number of hydrogen-bond donors (Lipinski definition) is 1. The van der Waals surface area contributed by atoms with Crippen LogP contribution < -0.4 is 0 Å². The van der Waals surface area contributed by atoms with Gasteiger partial charge in [-0.05, 0) is 30.9 Å². The number of aliphatic carboxylic acids is 1. The van der Waals surface area contributed by atoms with Gasteiger partial charge < -0.3 is 5.11 Å². The van der Waals surface area contributed by atoms with E-state index in [2.05, 4.69) is 4.98 Å². The number of rotatable bonds is 8. The standard InChI is InChI=1S/C20H21F2NO2S/c21-20(22,12-2-7-18(24)25)15-10-8-14(9-11-15)17-6-3-13-23-19(17)26-16-4-1-5-16/h3,6,8-11,13,16H,1-2,4-5,7,12H2,(H,24,25). The van der Waals surface area contributed by atoms with Gasteiger partial charge in [0.2, 0.25) is 0 Å². The van der Waals surface area contributed by atoms with Crippen molar-refractivity contribution in [2.45, 2.75) is 54.7 Å². The van der Waals surface area contributed by atoms with Crippen LogP contribution in [0.25, 0.3) is 11.1 Å². The molecule has 1 aromatic carbocycles. The third kappa shape index (κ3) is 4.61. The van der Waals surface area contributed by atoms with Crippen LogP contribution in [0.2, 0.25) is 0 Å². The number of nitrogens with zero attached hydrogens (tertiary/aromatic N) is 1. The number of carboxylic acid groups (broad SMARTS) is 1. The first-order chi connectivity index (χ1) is 12.5. The van der Waals surface area contributed by atoms with Crippen LogP contribution >= 0.6 is 11.8 Å². The molecule has 2 aromatic rings. The van der Waals surface area contributed by atoms with Gasteiger partial charge in [-0.25, -0.2) is 13.8 Å². The fraction of sp³-hybridized carbons (Fsp3) is 0.400. The summed E-state index contributed by atoms with van der Waals surface area (Å²) in [5, 5.41) is 10.1. The molecule has 1 N–H and O–H groups in total. The lowest BCUT2D eigenvalue weighted by Crippen LogP contribution is -2.14. The molecule has 1 aromatic heterocycles. The SMILES string of the molecule is O=C(O)CCCC(F)(F)c1ccc(-c2cccnc2SC2CCC2)cc1. The molecule has 0 bridgehead atoms. The molecule has 0 unspecified atom stereocenters. The van der Waals surface area contributed by atoms with Gasteiger partial charge in [0, 0.05) is 35.4 Å². The van der Waals surface area contributed by atoms with Crippen molar-refractivity contribution in [2.75, 3.05) is 0 Å². The highest BCUT2D eigenvalue weighted by Crippen LogP contribution is 2.40. The first kappa shape index (κ1) is 18.8. The van der Waals surface area contributed by atoms with Crippen LogP contribution in [-0.2, 0) is 10.7 Å². The maximum Gasteiger partial charge on any atom is 0.303 e. The number of halogens is 2. The van der Waals surface area contributed by atoms with Crippen LogP contribution in [0, 0.1) is 0 Å². The van der Waals surface area contributed by atoms with Gasteiger partial charge in [0.1, 0.15) is 5.03 Å². The number of benzene rings is 1. The number of thioether (sulfide) groups is 1. The second kappa shape index (κ2) is 8.16. The van der Waals surface area contributed by atoms with Crippen LogP contribution in [0.4, 0.5) is 8.78 Å². The normalized spacial score (nSPS) is 14.8. The minimum Gasteiger partial charge on any atom is -0.481 e. The molecule has 1 aliphatic carbocycles. The van der Waals surface area contributed by atoms with Crippen molar-refractivity contribution in [1.82, 2.24) is 4.98 Å². The average Bonchev–Trinajstić information content (AvgIpc) is 2.58. The zero-order valence-electron chi connectivity index (χ0n) is 14.3. The van der Waals surface area contributed by atoms with Gasteiger partial charge in [-0.15, -0.1) is 11.8 Å². The molecule has 1 saturated carbocycles. The first-order valence-electron chi connectivity index (χ1n) is 8.78. The number of alkyl halides is 2. The lowest BCUT2D eigenvalue weighted by atomic mass is 9.99. The lowest BCUT2D eigenvalue weighted by Gasteiger charge is -2.25. The fourth-order valence-electron chi connectivity index (χ4n) is 2.85. The Kier molecular flexibility index (Phi) is 5.91. The van der Waals surface area contributed by atoms with Gasteiger partial charge in [-0.1, -0.05) is 36.8 Å². The Morgan fingerprint density at radius 2 is 1.96 bits per heavy atom. The molecule has 0 saturated heterocycles. The van der Waals surface area contributed by atoms with E-state index in [-0.39, 0.29) is 18.4 Å². The number of aromatic nitrogens is 1. The number of carboxylic acids is 1. The van der Waals surface area contributed by atoms with Gasteiger partial charge in [0.15, 0.2) is 0 Å². The van der Waals surface area contributed by atoms with Crippen molar-refractivity contribution in [3.8, 4) is 11.1 Å². The van der Waals surface area contributed by atoms with Crippen LogP contribution in [-0.4, -0.2) is 21.3 Å². The van der Waals surface area contributed by atoms with E-state index in [1.807, 2.05) is 12.1 Å². The molecule has 138 valence electrons. The maximum absolute atomic E-state index is 14.2. The topological polar surface area (TPSA) is 50.2 Å². The smallest absolute Gasteiger partial charge is 0.303 e. The molecule has 0 spiro atoms. The molecule has 3 rings (SSSR count). The van der Waals surface area contributed by atoms with Gasteiger partial charge in [-0.2, -0.15) is 0 Å². The molecule has 6 heteroatoms. The largest absolute Gasteiger partial charge is 0.481 e. The van der Waals surface area contributed by atoms with E-state index in [9.17, 15) is 13.6 Å². The molecule has 3 nitrogen and oxygen atoms in total. The van der Waals surface area contributed by atoms with E-state index >= 15 is 0 Å². The van der Waals surface area contributed by atoms with E-state index in [4.69, 9.17) is 5.11 Å². The predicted octanol–water partition coefficient (Wildman–Crippen LogP) is 5.74. The van der Waals surface area contributed by atoms with Crippen LogP contribution in [0.1, 0.15) is 44.1 Å². The van der Waals surface area contributed by atoms with Gasteiger partial charge in [-0.3, -0.25) is 4.79 Å². The molecule has 0 atom stereocenters. The Hall–Kier alpha value is -1.95. The zero-order valence-corrected chi connectivity index (χ0v) is 15.1. The minimum atomic E-state index is -3.02. The van der Waals surface area contributed by atoms with Gasteiger partial charge in [0.25, 0.3) is 5.92 Å². The quantitative estimate of drug-likeness (QED) is 0.637. The Balaban J connectivity index is 1.74. The lowest BCUT2D eigenvalue weighted by molar-refractivity contribution is -0.137. The minimum absolute atomic E-state index is 0.0468. The van der Waals surface area contributed by atoms with Crippen molar-refractivity contribution in [3.05, 3.63) is 48.2 Å². The zero-order chi connectivity index (χ0) is 18.6. The van der Waals surface area contributed by atoms with Crippen LogP contribution in [0.5, 0.6) is 0 Å². The molecular weight excluding hydrogens is 356 g/mol. The van der Waals surface area contributed by atoms with Gasteiger partial charge in [0.05, 0.1) is 0 Å². The number of pyridine rings is 1. The summed E-state index contributed by atoms with van der Waals surface area (Å²) >= 11 is 1.76. The molecule has 0 amide bonds. The van der Waals surface area contributed by atoms with E-state index in [0.717, 1.165) is 16.2 Å². The second-order valence-electron chi connectivity index (χ2n) is 6.56. The molecule has 1 heterocycles. The second-order valence-corrected chi connectivity index (χ2v) is 7.85. The summed E-state index contributed by atoms with van der Waals surface area (Å²) < 4.78 is 28.5. The van der Waals surface area contributed by atoms with Crippen molar-refractivity contribution in [3.63, 3.8) is 0 Å². The molecule has 26 heavy (non-hydrogen) atoms. The summed E-state index contributed by atoms with van der Waals surface area (Å²) in [6.07, 6.45) is 4.65. The average molecular weight is 377 g/mol. The van der Waals surface area contributed by atoms with E-state index < -0.39 is 18.3 Å². The highest BCUT2D eigenvalue weighted by atomic mass is 32.2. The molecular formula is C20H21F2NO2S. The highest BCUT2D eigenvalue weighted by molar-refractivity contribution is 8.00. The summed E-state index contributed by atoms with van der Waals surface area (Å²) in [4.78, 5) is 15.0. The third-order valence-corrected chi connectivity index (χ3v) is 5.95. The summed E-state index contributed by atoms with van der Waals surface area (Å²) in [6.45, 7) is 0. The maximum atomic E-state index is 14.2. The summed E-state index contributed by atoms with van der Waals surface area (Å²) in [7, 11) is 0. The fourth-order valence-corrected chi connectivity index (χ4v) is 4.17. The summed E-state index contributed by atoms with van der Waals surface area (Å²) in [5.74, 6) is -4.07.